The third-order valence-corrected chi connectivity index (χ3v) is 5.39. The molecule has 3 heterocycles. The van der Waals surface area contributed by atoms with Gasteiger partial charge < -0.3 is 20.0 Å². The lowest BCUT2D eigenvalue weighted by molar-refractivity contribution is -0.121. The summed E-state index contributed by atoms with van der Waals surface area (Å²) in [7, 11) is 0. The Balaban J connectivity index is 1.58. The van der Waals surface area contributed by atoms with Gasteiger partial charge in [-0.1, -0.05) is 13.3 Å². The smallest absolute Gasteiger partial charge is 0.273 e. The zero-order chi connectivity index (χ0) is 21.9. The maximum atomic E-state index is 13.1. The van der Waals surface area contributed by atoms with Crippen LogP contribution < -0.4 is 10.6 Å². The van der Waals surface area contributed by atoms with Crippen molar-refractivity contribution in [3.8, 4) is 0 Å². The van der Waals surface area contributed by atoms with Crippen LogP contribution in [0.5, 0.6) is 0 Å². The zero-order valence-electron chi connectivity index (χ0n) is 17.5. The van der Waals surface area contributed by atoms with Gasteiger partial charge >= 0.3 is 0 Å². The monoisotopic (exact) mass is 441 g/mol. The number of hydrogen-bond acceptors (Lipinski definition) is 7. The van der Waals surface area contributed by atoms with Gasteiger partial charge in [-0.05, 0) is 36.2 Å². The molecule has 0 fully saturated rings. The number of anilines is 1. The summed E-state index contributed by atoms with van der Waals surface area (Å²) in [4.78, 5) is 35.4. The van der Waals surface area contributed by atoms with E-state index in [0.29, 0.717) is 18.0 Å². The highest BCUT2D eigenvalue weighted by Gasteiger charge is 2.21. The molecule has 0 unspecified atom stereocenters. The highest BCUT2D eigenvalue weighted by atomic mass is 32.1. The van der Waals surface area contributed by atoms with Crippen LogP contribution in [0.3, 0.4) is 0 Å². The van der Waals surface area contributed by atoms with Crippen molar-refractivity contribution in [3.63, 3.8) is 0 Å². The predicted octanol–water partition coefficient (Wildman–Crippen LogP) is 3.69. The van der Waals surface area contributed by atoms with E-state index in [-0.39, 0.29) is 31.3 Å². The van der Waals surface area contributed by atoms with Crippen molar-refractivity contribution >= 4 is 28.3 Å². The van der Waals surface area contributed by atoms with Gasteiger partial charge in [-0.25, -0.2) is 4.98 Å². The molecule has 0 spiro atoms. The Hall–Kier alpha value is -3.20. The molecule has 0 radical (unpaired) electrons. The molecule has 0 saturated heterocycles. The Morgan fingerprint density at radius 3 is 2.81 bits per heavy atom. The Labute approximate surface area is 185 Å². The molecule has 2 amide bonds. The van der Waals surface area contributed by atoms with Crippen LogP contribution in [0, 0.1) is 0 Å². The normalized spacial score (nSPS) is 10.6. The van der Waals surface area contributed by atoms with Crippen LogP contribution in [0.15, 0.2) is 52.7 Å². The van der Waals surface area contributed by atoms with Crippen LogP contribution >= 0.6 is 11.3 Å². The molecule has 164 valence electrons. The number of nitrogens with zero attached hydrogens (tertiary/aromatic N) is 3. The molecule has 3 aromatic rings. The first-order valence-corrected chi connectivity index (χ1v) is 11.2. The summed E-state index contributed by atoms with van der Waals surface area (Å²) in [6.07, 6.45) is 7.25. The molecule has 0 aliphatic carbocycles. The van der Waals surface area contributed by atoms with E-state index < -0.39 is 0 Å². The first kappa shape index (κ1) is 22.5. The molecule has 0 aliphatic rings. The van der Waals surface area contributed by atoms with E-state index in [1.165, 1.54) is 11.3 Å². The average molecular weight is 442 g/mol. The van der Waals surface area contributed by atoms with Crippen LogP contribution in [0.1, 0.15) is 48.0 Å². The van der Waals surface area contributed by atoms with E-state index in [1.807, 2.05) is 18.2 Å². The summed E-state index contributed by atoms with van der Waals surface area (Å²) in [5.41, 5.74) is 1.34. The Kier molecular flexibility index (Phi) is 8.59. The van der Waals surface area contributed by atoms with Gasteiger partial charge in [0.25, 0.3) is 5.91 Å². The van der Waals surface area contributed by atoms with Gasteiger partial charge in [0.1, 0.15) is 11.5 Å². The Morgan fingerprint density at radius 1 is 1.23 bits per heavy atom. The van der Waals surface area contributed by atoms with Crippen LogP contribution in [-0.4, -0.2) is 39.8 Å². The van der Waals surface area contributed by atoms with Gasteiger partial charge in [-0.15, -0.1) is 11.3 Å². The fourth-order valence-electron chi connectivity index (χ4n) is 2.86. The highest BCUT2D eigenvalue weighted by Crippen LogP contribution is 2.18. The second-order valence-electron chi connectivity index (χ2n) is 7.01. The van der Waals surface area contributed by atoms with E-state index in [9.17, 15) is 9.59 Å². The quantitative estimate of drug-likeness (QED) is 0.416. The molecule has 3 rings (SSSR count). The maximum absolute atomic E-state index is 13.1. The van der Waals surface area contributed by atoms with Gasteiger partial charge in [-0.3, -0.25) is 14.6 Å². The van der Waals surface area contributed by atoms with Crippen LogP contribution in [0.25, 0.3) is 0 Å². The molecule has 0 aliphatic heterocycles. The van der Waals surface area contributed by atoms with E-state index in [4.69, 9.17) is 4.42 Å². The molecule has 0 saturated carbocycles. The van der Waals surface area contributed by atoms with Gasteiger partial charge in [0.2, 0.25) is 5.91 Å². The molecule has 0 atom stereocenters. The van der Waals surface area contributed by atoms with Gasteiger partial charge in [0.05, 0.1) is 12.8 Å². The van der Waals surface area contributed by atoms with Crippen molar-refractivity contribution in [2.75, 3.05) is 18.4 Å². The first-order chi connectivity index (χ1) is 15.2. The van der Waals surface area contributed by atoms with E-state index >= 15 is 0 Å². The largest absolute Gasteiger partial charge is 0.467 e. The molecular weight excluding hydrogens is 414 g/mol. The van der Waals surface area contributed by atoms with Crippen molar-refractivity contribution < 1.29 is 14.0 Å². The zero-order valence-corrected chi connectivity index (χ0v) is 18.4. The summed E-state index contributed by atoms with van der Waals surface area (Å²) in [6.45, 7) is 3.91. The summed E-state index contributed by atoms with van der Waals surface area (Å²) >= 11 is 1.41. The molecule has 0 aromatic carbocycles. The van der Waals surface area contributed by atoms with Gasteiger partial charge in [-0.2, -0.15) is 0 Å². The van der Waals surface area contributed by atoms with Crippen LogP contribution in [0.2, 0.25) is 0 Å². The Bertz CT molecular complexity index is 943. The minimum Gasteiger partial charge on any atom is -0.467 e. The number of thiazole rings is 1. The summed E-state index contributed by atoms with van der Waals surface area (Å²) in [6, 6.07) is 7.28. The SMILES string of the molecule is CCCCNc1nc(C(=O)N(CCC(=O)NCc2ccncc2)Cc2ccco2)cs1. The first-order valence-electron chi connectivity index (χ1n) is 10.3. The minimum absolute atomic E-state index is 0.130. The number of nitrogens with one attached hydrogen (secondary N) is 2. The second kappa shape index (κ2) is 11.8. The Morgan fingerprint density at radius 2 is 2.06 bits per heavy atom. The summed E-state index contributed by atoms with van der Waals surface area (Å²) in [5, 5.41) is 8.58. The lowest BCUT2D eigenvalue weighted by Crippen LogP contribution is -2.35. The van der Waals surface area contributed by atoms with Crippen molar-refractivity contribution in [3.05, 3.63) is 65.3 Å². The summed E-state index contributed by atoms with van der Waals surface area (Å²) < 4.78 is 5.40. The van der Waals surface area contributed by atoms with Crippen LogP contribution in [0.4, 0.5) is 5.13 Å². The second-order valence-corrected chi connectivity index (χ2v) is 7.86. The highest BCUT2D eigenvalue weighted by molar-refractivity contribution is 7.13. The lowest BCUT2D eigenvalue weighted by Gasteiger charge is -2.20. The van der Waals surface area contributed by atoms with Crippen molar-refractivity contribution in [2.45, 2.75) is 39.3 Å². The number of furan rings is 1. The number of carbonyl (C=O) groups excluding carboxylic acids is 2. The lowest BCUT2D eigenvalue weighted by atomic mass is 10.2. The van der Waals surface area contributed by atoms with E-state index in [1.54, 1.807) is 35.0 Å². The summed E-state index contributed by atoms with van der Waals surface area (Å²) in [5.74, 6) is 0.300. The van der Waals surface area contributed by atoms with E-state index in [2.05, 4.69) is 27.5 Å². The van der Waals surface area contributed by atoms with Crippen molar-refractivity contribution in [2.24, 2.45) is 0 Å². The molecule has 8 nitrogen and oxygen atoms in total. The van der Waals surface area contributed by atoms with Crippen molar-refractivity contribution in [1.29, 1.82) is 0 Å². The van der Waals surface area contributed by atoms with Crippen molar-refractivity contribution in [1.82, 2.24) is 20.2 Å². The molecule has 2 N–H and O–H groups in total. The van der Waals surface area contributed by atoms with Crippen LogP contribution in [-0.2, 0) is 17.9 Å². The molecule has 31 heavy (non-hydrogen) atoms. The fourth-order valence-corrected chi connectivity index (χ4v) is 3.57. The third kappa shape index (κ3) is 7.21. The maximum Gasteiger partial charge on any atom is 0.273 e. The number of pyridine rings is 1. The molecular formula is C22H27N5O3S. The number of hydrogen-bond donors (Lipinski definition) is 2. The molecule has 0 bridgehead atoms. The molecule has 3 aromatic heterocycles. The minimum atomic E-state index is -0.224. The number of aromatic nitrogens is 2. The number of carbonyl (C=O) groups is 2. The predicted molar refractivity (Wildman–Crippen MR) is 120 cm³/mol. The fraction of sp³-hybridized carbons (Fsp3) is 0.364. The number of amides is 2. The number of unbranched alkanes of at least 4 members (excludes halogenated alkanes) is 1. The van der Waals surface area contributed by atoms with E-state index in [0.717, 1.165) is 30.1 Å². The van der Waals surface area contributed by atoms with Gasteiger partial charge in [0, 0.05) is 43.8 Å². The number of rotatable bonds is 12. The standard InChI is InChI=1S/C22H27N5O3S/c1-2-3-9-24-22-26-19(16-31-22)21(29)27(15-18-5-4-13-30-18)12-8-20(28)25-14-17-6-10-23-11-7-17/h4-7,10-11,13,16H,2-3,8-9,12,14-15H2,1H3,(H,24,26)(H,25,28). The average Bonchev–Trinajstić information content (AvgIpc) is 3.48. The molecule has 9 heteroatoms. The topological polar surface area (TPSA) is 100 Å². The van der Waals surface area contributed by atoms with Gasteiger partial charge in [0.15, 0.2) is 5.13 Å². The third-order valence-electron chi connectivity index (χ3n) is 4.59.